The SMILES string of the molecule is CNC(C)(C)Sc1cc(C)c(OC)cc1C. The molecule has 0 atom stereocenters. The van der Waals surface area contributed by atoms with Crippen LogP contribution in [0, 0.1) is 13.8 Å². The molecule has 16 heavy (non-hydrogen) atoms. The van der Waals surface area contributed by atoms with E-state index in [1.165, 1.54) is 16.0 Å². The van der Waals surface area contributed by atoms with Gasteiger partial charge in [0.2, 0.25) is 0 Å². The van der Waals surface area contributed by atoms with E-state index in [0.29, 0.717) is 0 Å². The van der Waals surface area contributed by atoms with Crippen molar-refractivity contribution in [3.05, 3.63) is 23.3 Å². The fraction of sp³-hybridized carbons (Fsp3) is 0.538. The average Bonchev–Trinajstić information content (AvgIpc) is 2.22. The molecule has 0 amide bonds. The molecule has 1 aromatic rings. The number of nitrogens with one attached hydrogen (secondary N) is 1. The fourth-order valence-electron chi connectivity index (χ4n) is 1.42. The highest BCUT2D eigenvalue weighted by atomic mass is 32.2. The number of aryl methyl sites for hydroxylation is 2. The predicted molar refractivity (Wildman–Crippen MR) is 71.5 cm³/mol. The Labute approximate surface area is 103 Å². The van der Waals surface area contributed by atoms with Gasteiger partial charge in [-0.1, -0.05) is 0 Å². The van der Waals surface area contributed by atoms with Gasteiger partial charge in [-0.2, -0.15) is 0 Å². The zero-order valence-electron chi connectivity index (χ0n) is 11.0. The van der Waals surface area contributed by atoms with Crippen LogP contribution in [0.1, 0.15) is 25.0 Å². The average molecular weight is 239 g/mol. The van der Waals surface area contributed by atoms with E-state index in [1.807, 2.05) is 18.8 Å². The van der Waals surface area contributed by atoms with Crippen LogP contribution < -0.4 is 10.1 Å². The van der Waals surface area contributed by atoms with Gasteiger partial charge in [-0.25, -0.2) is 0 Å². The van der Waals surface area contributed by atoms with Crippen LogP contribution in [0.5, 0.6) is 5.75 Å². The van der Waals surface area contributed by atoms with Gasteiger partial charge in [-0.15, -0.1) is 11.8 Å². The molecule has 1 aromatic carbocycles. The highest BCUT2D eigenvalue weighted by molar-refractivity contribution is 8.00. The minimum absolute atomic E-state index is 0.0474. The first-order valence-corrected chi connectivity index (χ1v) is 6.24. The molecular weight excluding hydrogens is 218 g/mol. The van der Waals surface area contributed by atoms with Crippen LogP contribution >= 0.6 is 11.8 Å². The third-order valence-corrected chi connectivity index (χ3v) is 4.03. The Balaban J connectivity index is 3.02. The van der Waals surface area contributed by atoms with E-state index < -0.39 is 0 Å². The molecule has 1 N–H and O–H groups in total. The Bertz CT molecular complexity index is 374. The summed E-state index contributed by atoms with van der Waals surface area (Å²) < 4.78 is 5.31. The van der Waals surface area contributed by atoms with Crippen molar-refractivity contribution in [3.8, 4) is 5.75 Å². The quantitative estimate of drug-likeness (QED) is 0.643. The molecule has 0 saturated carbocycles. The summed E-state index contributed by atoms with van der Waals surface area (Å²) in [5.74, 6) is 0.962. The Morgan fingerprint density at radius 3 is 2.31 bits per heavy atom. The Kier molecular flexibility index (Phi) is 4.28. The van der Waals surface area contributed by atoms with Crippen LogP contribution in [0.2, 0.25) is 0 Å². The maximum atomic E-state index is 5.31. The van der Waals surface area contributed by atoms with Gasteiger partial charge in [0.05, 0.1) is 12.0 Å². The lowest BCUT2D eigenvalue weighted by Gasteiger charge is -2.24. The van der Waals surface area contributed by atoms with Gasteiger partial charge in [-0.05, 0) is 58.0 Å². The molecule has 0 aliphatic rings. The van der Waals surface area contributed by atoms with E-state index in [2.05, 4.69) is 45.1 Å². The van der Waals surface area contributed by atoms with Gasteiger partial charge < -0.3 is 10.1 Å². The Morgan fingerprint density at radius 2 is 1.81 bits per heavy atom. The maximum absolute atomic E-state index is 5.31. The third-order valence-electron chi connectivity index (χ3n) is 2.66. The summed E-state index contributed by atoms with van der Waals surface area (Å²) in [6.45, 7) is 8.55. The van der Waals surface area contributed by atoms with Crippen molar-refractivity contribution in [3.63, 3.8) is 0 Å². The summed E-state index contributed by atoms with van der Waals surface area (Å²) in [5.41, 5.74) is 2.44. The highest BCUT2D eigenvalue weighted by Crippen LogP contribution is 2.35. The number of thioether (sulfide) groups is 1. The van der Waals surface area contributed by atoms with Crippen molar-refractivity contribution in [2.45, 2.75) is 37.5 Å². The standard InChI is InChI=1S/C13H21NOS/c1-9-8-12(16-13(3,4)14-5)10(2)7-11(9)15-6/h7-8,14H,1-6H3. The summed E-state index contributed by atoms with van der Waals surface area (Å²) in [4.78, 5) is 1.35. The first-order chi connectivity index (χ1) is 7.39. The topological polar surface area (TPSA) is 21.3 Å². The van der Waals surface area contributed by atoms with E-state index >= 15 is 0 Å². The summed E-state index contributed by atoms with van der Waals surface area (Å²) in [6.07, 6.45) is 0. The van der Waals surface area contributed by atoms with E-state index in [0.717, 1.165) is 5.75 Å². The zero-order valence-corrected chi connectivity index (χ0v) is 11.8. The third kappa shape index (κ3) is 3.16. The van der Waals surface area contributed by atoms with Crippen molar-refractivity contribution < 1.29 is 4.74 Å². The van der Waals surface area contributed by atoms with Gasteiger partial charge in [-0.3, -0.25) is 0 Å². The minimum Gasteiger partial charge on any atom is -0.496 e. The molecule has 0 aliphatic heterocycles. The molecular formula is C13H21NOS. The largest absolute Gasteiger partial charge is 0.496 e. The molecule has 2 nitrogen and oxygen atoms in total. The molecule has 90 valence electrons. The predicted octanol–water partition coefficient (Wildman–Crippen LogP) is 3.36. The second kappa shape index (κ2) is 5.11. The van der Waals surface area contributed by atoms with Gasteiger partial charge in [0, 0.05) is 4.90 Å². The van der Waals surface area contributed by atoms with Crippen molar-refractivity contribution in [1.82, 2.24) is 5.32 Å². The molecule has 1 rings (SSSR count). The second-order valence-corrected chi connectivity index (χ2v) is 6.11. The first kappa shape index (κ1) is 13.4. The van der Waals surface area contributed by atoms with Gasteiger partial charge in [0.15, 0.2) is 0 Å². The summed E-state index contributed by atoms with van der Waals surface area (Å²) in [6, 6.07) is 4.29. The van der Waals surface area contributed by atoms with Crippen LogP contribution in [0.25, 0.3) is 0 Å². The van der Waals surface area contributed by atoms with Crippen LogP contribution in [0.3, 0.4) is 0 Å². The first-order valence-electron chi connectivity index (χ1n) is 5.43. The monoisotopic (exact) mass is 239 g/mol. The normalized spacial score (nSPS) is 11.6. The molecule has 0 saturated heterocycles. The Morgan fingerprint density at radius 1 is 1.19 bits per heavy atom. The van der Waals surface area contributed by atoms with Crippen molar-refractivity contribution in [2.24, 2.45) is 0 Å². The van der Waals surface area contributed by atoms with E-state index in [-0.39, 0.29) is 4.87 Å². The molecule has 0 radical (unpaired) electrons. The number of benzene rings is 1. The summed E-state index contributed by atoms with van der Waals surface area (Å²) >= 11 is 1.84. The van der Waals surface area contributed by atoms with Gasteiger partial charge in [0.25, 0.3) is 0 Å². The van der Waals surface area contributed by atoms with Gasteiger partial charge in [0.1, 0.15) is 5.75 Å². The number of methoxy groups -OCH3 is 1. The van der Waals surface area contributed by atoms with Crippen LogP contribution in [-0.4, -0.2) is 19.0 Å². The van der Waals surface area contributed by atoms with Crippen molar-refractivity contribution >= 4 is 11.8 Å². The molecule has 0 fully saturated rings. The van der Waals surface area contributed by atoms with Crippen LogP contribution in [-0.2, 0) is 0 Å². The molecule has 3 heteroatoms. The molecule has 0 bridgehead atoms. The number of ether oxygens (including phenoxy) is 1. The molecule has 0 spiro atoms. The number of hydrogen-bond donors (Lipinski definition) is 1. The maximum Gasteiger partial charge on any atom is 0.122 e. The number of rotatable bonds is 4. The fourth-order valence-corrected chi connectivity index (χ4v) is 2.53. The van der Waals surface area contributed by atoms with E-state index in [4.69, 9.17) is 4.74 Å². The molecule has 0 aromatic heterocycles. The lowest BCUT2D eigenvalue weighted by Crippen LogP contribution is -2.32. The lowest BCUT2D eigenvalue weighted by molar-refractivity contribution is 0.411. The second-order valence-electron chi connectivity index (χ2n) is 4.45. The smallest absolute Gasteiger partial charge is 0.122 e. The molecule has 0 aliphatic carbocycles. The number of hydrogen-bond acceptors (Lipinski definition) is 3. The molecule has 0 unspecified atom stereocenters. The van der Waals surface area contributed by atoms with E-state index in [1.54, 1.807) is 7.11 Å². The Hall–Kier alpha value is -0.670. The van der Waals surface area contributed by atoms with Crippen molar-refractivity contribution in [2.75, 3.05) is 14.2 Å². The summed E-state index contributed by atoms with van der Waals surface area (Å²) in [7, 11) is 3.70. The summed E-state index contributed by atoms with van der Waals surface area (Å²) in [5, 5.41) is 3.30. The zero-order chi connectivity index (χ0) is 12.3. The van der Waals surface area contributed by atoms with Crippen molar-refractivity contribution in [1.29, 1.82) is 0 Å². The minimum atomic E-state index is 0.0474. The molecule has 0 heterocycles. The van der Waals surface area contributed by atoms with Crippen LogP contribution in [0.4, 0.5) is 0 Å². The lowest BCUT2D eigenvalue weighted by atomic mass is 10.1. The van der Waals surface area contributed by atoms with Gasteiger partial charge >= 0.3 is 0 Å². The van der Waals surface area contributed by atoms with E-state index in [9.17, 15) is 0 Å². The van der Waals surface area contributed by atoms with Crippen LogP contribution in [0.15, 0.2) is 17.0 Å². The highest BCUT2D eigenvalue weighted by Gasteiger charge is 2.18.